The third-order valence-electron chi connectivity index (χ3n) is 5.74. The predicted molar refractivity (Wildman–Crippen MR) is 153 cm³/mol. The molecule has 0 saturated carbocycles. The van der Waals surface area contributed by atoms with Crippen LogP contribution in [0.5, 0.6) is 0 Å². The van der Waals surface area contributed by atoms with E-state index in [2.05, 4.69) is 35.9 Å². The lowest BCUT2D eigenvalue weighted by atomic mass is 10.1. The van der Waals surface area contributed by atoms with E-state index < -0.39 is 29.4 Å². The van der Waals surface area contributed by atoms with E-state index in [0.717, 1.165) is 11.3 Å². The molecule has 0 bridgehead atoms. The van der Waals surface area contributed by atoms with Crippen LogP contribution >= 0.6 is 0 Å². The smallest absolute Gasteiger partial charge is 0.326 e. The van der Waals surface area contributed by atoms with Crippen LogP contribution in [0.4, 0.5) is 17.3 Å². The number of para-hydroxylation sites is 1. The number of aliphatic carboxylic acids is 2. The maximum absolute atomic E-state index is 12.6. The van der Waals surface area contributed by atoms with Gasteiger partial charge in [0, 0.05) is 23.4 Å². The van der Waals surface area contributed by atoms with Crippen LogP contribution in [0.1, 0.15) is 48.3 Å². The number of aryl methyl sites for hydroxylation is 1. The van der Waals surface area contributed by atoms with Gasteiger partial charge in [0.2, 0.25) is 5.95 Å². The summed E-state index contributed by atoms with van der Waals surface area (Å²) in [5.41, 5.74) is 2.96. The van der Waals surface area contributed by atoms with Gasteiger partial charge >= 0.3 is 11.9 Å². The van der Waals surface area contributed by atoms with Gasteiger partial charge in [-0.2, -0.15) is 4.98 Å². The molecule has 2 aromatic carbocycles. The number of benzene rings is 2. The SMILES string of the molecule is CC.Cc1ccccc1Nc1nc2ncc(CNc3ccc(C(=O)NC(CCC(=O)O)C(=O)O)cc3)nc2c(=O)[nH]1. The number of rotatable bonds is 11. The summed E-state index contributed by atoms with van der Waals surface area (Å²) in [6, 6.07) is 12.5. The second-order valence-corrected chi connectivity index (χ2v) is 8.62. The zero-order valence-electron chi connectivity index (χ0n) is 22.8. The minimum atomic E-state index is -1.31. The standard InChI is InChI=1S/C26H25N7O6.C2H6/c1-14-4-2-3-5-18(14)31-26-32-22-21(24(37)33-26)29-17(13-28-22)12-27-16-8-6-15(7-9-16)23(36)30-19(25(38)39)10-11-20(34)35;1-2/h2-9,13,19,27H,10-12H2,1H3,(H,30,36)(H,34,35)(H,38,39)(H2,28,31,32,33,37);1-2H3. The van der Waals surface area contributed by atoms with E-state index in [1.807, 2.05) is 45.0 Å². The summed E-state index contributed by atoms with van der Waals surface area (Å²) in [5.74, 6) is -2.85. The van der Waals surface area contributed by atoms with Gasteiger partial charge < -0.3 is 26.2 Å². The first-order valence-corrected chi connectivity index (χ1v) is 12.9. The van der Waals surface area contributed by atoms with Crippen molar-refractivity contribution in [1.82, 2.24) is 25.3 Å². The van der Waals surface area contributed by atoms with Crippen molar-refractivity contribution in [2.24, 2.45) is 0 Å². The molecule has 0 radical (unpaired) electrons. The van der Waals surface area contributed by atoms with Gasteiger partial charge in [0.1, 0.15) is 6.04 Å². The van der Waals surface area contributed by atoms with Gasteiger partial charge in [-0.05, 0) is 49.2 Å². The number of nitrogens with zero attached hydrogens (tertiary/aromatic N) is 3. The number of carbonyl (C=O) groups excluding carboxylic acids is 1. The van der Waals surface area contributed by atoms with Crippen LogP contribution < -0.4 is 21.5 Å². The number of anilines is 3. The van der Waals surface area contributed by atoms with Crippen LogP contribution in [0.2, 0.25) is 0 Å². The van der Waals surface area contributed by atoms with Crippen molar-refractivity contribution in [3.05, 3.63) is 81.9 Å². The van der Waals surface area contributed by atoms with Crippen molar-refractivity contribution in [3.63, 3.8) is 0 Å². The minimum absolute atomic E-state index is 0.0903. The van der Waals surface area contributed by atoms with Crippen LogP contribution in [0.3, 0.4) is 0 Å². The van der Waals surface area contributed by atoms with E-state index in [4.69, 9.17) is 5.11 Å². The van der Waals surface area contributed by atoms with Gasteiger partial charge in [-0.25, -0.2) is 14.8 Å². The first-order chi connectivity index (χ1) is 19.7. The highest BCUT2D eigenvalue weighted by molar-refractivity contribution is 5.97. The first-order valence-electron chi connectivity index (χ1n) is 12.9. The van der Waals surface area contributed by atoms with E-state index >= 15 is 0 Å². The van der Waals surface area contributed by atoms with Gasteiger partial charge in [-0.1, -0.05) is 32.0 Å². The third kappa shape index (κ3) is 8.33. The lowest BCUT2D eigenvalue weighted by Crippen LogP contribution is -2.41. The van der Waals surface area contributed by atoms with Crippen LogP contribution in [0.25, 0.3) is 11.2 Å². The zero-order chi connectivity index (χ0) is 29.9. The second kappa shape index (κ2) is 14.2. The fourth-order valence-electron chi connectivity index (χ4n) is 3.64. The number of fused-ring (bicyclic) bond motifs is 1. The number of hydrogen-bond acceptors (Lipinski definition) is 9. The summed E-state index contributed by atoms with van der Waals surface area (Å²) in [7, 11) is 0. The third-order valence-corrected chi connectivity index (χ3v) is 5.74. The molecular weight excluding hydrogens is 530 g/mol. The number of carbonyl (C=O) groups is 3. The monoisotopic (exact) mass is 561 g/mol. The average Bonchev–Trinajstić information content (AvgIpc) is 2.96. The van der Waals surface area contributed by atoms with E-state index in [1.165, 1.54) is 18.3 Å². The average molecular weight is 562 g/mol. The van der Waals surface area contributed by atoms with E-state index in [0.29, 0.717) is 11.4 Å². The van der Waals surface area contributed by atoms with Crippen molar-refractivity contribution < 1.29 is 24.6 Å². The van der Waals surface area contributed by atoms with Gasteiger partial charge in [0.05, 0.1) is 18.4 Å². The molecule has 6 N–H and O–H groups in total. The molecule has 41 heavy (non-hydrogen) atoms. The Balaban J connectivity index is 0.00000226. The molecule has 13 nitrogen and oxygen atoms in total. The van der Waals surface area contributed by atoms with Gasteiger partial charge in [0.25, 0.3) is 11.5 Å². The Morgan fingerprint density at radius 1 is 1.00 bits per heavy atom. The molecule has 0 spiro atoms. The summed E-state index contributed by atoms with van der Waals surface area (Å²) in [6.07, 6.45) is 0.890. The van der Waals surface area contributed by atoms with Crippen molar-refractivity contribution in [3.8, 4) is 0 Å². The molecule has 1 amide bonds. The van der Waals surface area contributed by atoms with Gasteiger partial charge in [-0.15, -0.1) is 0 Å². The Bertz CT molecular complexity index is 1590. The summed E-state index contributed by atoms with van der Waals surface area (Å²) >= 11 is 0. The number of hydrogen-bond donors (Lipinski definition) is 6. The van der Waals surface area contributed by atoms with Crippen LogP contribution in [0.15, 0.2) is 59.5 Å². The van der Waals surface area contributed by atoms with Crippen molar-refractivity contribution >= 4 is 46.3 Å². The number of amides is 1. The van der Waals surface area contributed by atoms with E-state index in [9.17, 15) is 24.3 Å². The Morgan fingerprint density at radius 2 is 1.71 bits per heavy atom. The molecule has 4 aromatic rings. The quantitative estimate of drug-likeness (QED) is 0.157. The Morgan fingerprint density at radius 3 is 2.37 bits per heavy atom. The zero-order valence-corrected chi connectivity index (χ0v) is 22.8. The molecule has 0 aliphatic heterocycles. The molecule has 2 aromatic heterocycles. The highest BCUT2D eigenvalue weighted by Crippen LogP contribution is 2.18. The Kier molecular flexibility index (Phi) is 10.4. The minimum Gasteiger partial charge on any atom is -0.481 e. The normalized spacial score (nSPS) is 11.1. The summed E-state index contributed by atoms with van der Waals surface area (Å²) in [6.45, 7) is 6.16. The van der Waals surface area contributed by atoms with Crippen LogP contribution in [-0.4, -0.2) is 54.0 Å². The molecule has 0 fully saturated rings. The molecule has 2 heterocycles. The number of aromatic nitrogens is 4. The molecule has 1 atom stereocenters. The molecule has 0 aliphatic carbocycles. The maximum Gasteiger partial charge on any atom is 0.326 e. The molecule has 0 saturated heterocycles. The predicted octanol–water partition coefficient (Wildman–Crippen LogP) is 3.45. The van der Waals surface area contributed by atoms with Crippen molar-refractivity contribution in [2.45, 2.75) is 46.2 Å². The fraction of sp³-hybridized carbons (Fsp3) is 0.250. The Hall–Kier alpha value is -5.33. The number of aromatic amines is 1. The summed E-state index contributed by atoms with van der Waals surface area (Å²) < 4.78 is 0. The Labute approximate surface area is 235 Å². The molecule has 0 aliphatic rings. The van der Waals surface area contributed by atoms with Crippen LogP contribution in [-0.2, 0) is 16.1 Å². The van der Waals surface area contributed by atoms with Gasteiger partial charge in [-0.3, -0.25) is 19.4 Å². The van der Waals surface area contributed by atoms with E-state index in [1.54, 1.807) is 12.1 Å². The number of nitrogens with one attached hydrogen (secondary N) is 4. The lowest BCUT2D eigenvalue weighted by molar-refractivity contribution is -0.140. The van der Waals surface area contributed by atoms with Crippen molar-refractivity contribution in [2.75, 3.05) is 10.6 Å². The number of carboxylic acids is 2. The number of H-pyrrole nitrogens is 1. The second-order valence-electron chi connectivity index (χ2n) is 8.62. The lowest BCUT2D eigenvalue weighted by Gasteiger charge is -2.14. The van der Waals surface area contributed by atoms with E-state index in [-0.39, 0.29) is 42.1 Å². The molecule has 13 heteroatoms. The van der Waals surface area contributed by atoms with Gasteiger partial charge in [0.15, 0.2) is 11.2 Å². The largest absolute Gasteiger partial charge is 0.481 e. The first kappa shape index (κ1) is 30.2. The molecule has 214 valence electrons. The summed E-state index contributed by atoms with van der Waals surface area (Å²) in [5, 5.41) is 26.5. The van der Waals surface area contributed by atoms with Crippen LogP contribution in [0, 0.1) is 6.92 Å². The molecule has 1 unspecified atom stereocenters. The highest BCUT2D eigenvalue weighted by Gasteiger charge is 2.21. The number of carboxylic acid groups (broad SMARTS) is 2. The summed E-state index contributed by atoms with van der Waals surface area (Å²) in [4.78, 5) is 62.7. The topological polar surface area (TPSA) is 199 Å². The maximum atomic E-state index is 12.6. The molecule has 4 rings (SSSR count). The molecular formula is C28H31N7O6. The fourth-order valence-corrected chi connectivity index (χ4v) is 3.64. The van der Waals surface area contributed by atoms with Crippen molar-refractivity contribution in [1.29, 1.82) is 0 Å². The highest BCUT2D eigenvalue weighted by atomic mass is 16.4.